The number of rotatable bonds is 3. The molecule has 0 aliphatic carbocycles. The number of thiocarbonyl (C=S) groups is 1. The van der Waals surface area contributed by atoms with E-state index in [0.29, 0.717) is 12.6 Å². The lowest BCUT2D eigenvalue weighted by atomic mass is 10.2. The van der Waals surface area contributed by atoms with Crippen molar-refractivity contribution in [3.8, 4) is 0 Å². The molecule has 132 valence electrons. The summed E-state index contributed by atoms with van der Waals surface area (Å²) in [6.07, 6.45) is 6.43. The van der Waals surface area contributed by atoms with Crippen LogP contribution in [0.2, 0.25) is 5.02 Å². The van der Waals surface area contributed by atoms with Crippen LogP contribution in [0.15, 0.2) is 36.7 Å². The summed E-state index contributed by atoms with van der Waals surface area (Å²) in [4.78, 5) is 4.88. The smallest absolute Gasteiger partial charge is 0.173 e. The highest BCUT2D eigenvalue weighted by Gasteiger charge is 2.31. The van der Waals surface area contributed by atoms with Crippen molar-refractivity contribution in [3.05, 3.63) is 47.2 Å². The molecule has 5 nitrogen and oxygen atoms in total. The number of nitrogens with one attached hydrogen (secondary N) is 1. The molecule has 0 spiro atoms. The van der Waals surface area contributed by atoms with Gasteiger partial charge in [-0.3, -0.25) is 9.58 Å². The first-order valence-corrected chi connectivity index (χ1v) is 9.53. The molecule has 0 saturated carbocycles. The lowest BCUT2D eigenvalue weighted by Gasteiger charge is -2.38. The second-order valence-corrected chi connectivity index (χ2v) is 7.58. The highest BCUT2D eigenvalue weighted by atomic mass is 35.5. The zero-order valence-corrected chi connectivity index (χ0v) is 15.6. The summed E-state index contributed by atoms with van der Waals surface area (Å²) in [6.45, 7) is 5.11. The number of anilines is 1. The maximum atomic E-state index is 5.93. The fourth-order valence-corrected chi connectivity index (χ4v) is 4.08. The van der Waals surface area contributed by atoms with Gasteiger partial charge in [-0.1, -0.05) is 23.7 Å². The van der Waals surface area contributed by atoms with E-state index < -0.39 is 0 Å². The molecule has 7 heteroatoms. The molecule has 1 N–H and O–H groups in total. The first-order chi connectivity index (χ1) is 12.2. The monoisotopic (exact) mass is 375 g/mol. The summed E-state index contributed by atoms with van der Waals surface area (Å²) in [6, 6.07) is 8.50. The Hall–Kier alpha value is -1.63. The van der Waals surface area contributed by atoms with Crippen molar-refractivity contribution in [1.29, 1.82) is 0 Å². The molecule has 4 rings (SSSR count). The Balaban J connectivity index is 1.34. The maximum absolute atomic E-state index is 5.93. The summed E-state index contributed by atoms with van der Waals surface area (Å²) < 4.78 is 1.91. The molecule has 3 heterocycles. The van der Waals surface area contributed by atoms with Gasteiger partial charge in [-0.15, -0.1) is 0 Å². The van der Waals surface area contributed by atoms with Crippen LogP contribution in [0.25, 0.3) is 0 Å². The van der Waals surface area contributed by atoms with Crippen LogP contribution in [0.1, 0.15) is 18.4 Å². The highest BCUT2D eigenvalue weighted by Crippen LogP contribution is 2.22. The van der Waals surface area contributed by atoms with E-state index in [-0.39, 0.29) is 0 Å². The second-order valence-electron chi connectivity index (χ2n) is 6.76. The van der Waals surface area contributed by atoms with E-state index in [1.807, 2.05) is 41.3 Å². The van der Waals surface area contributed by atoms with Crippen LogP contribution in [0, 0.1) is 0 Å². The van der Waals surface area contributed by atoms with Crippen LogP contribution >= 0.6 is 23.8 Å². The number of benzene rings is 1. The van der Waals surface area contributed by atoms with Crippen molar-refractivity contribution in [2.45, 2.75) is 25.4 Å². The van der Waals surface area contributed by atoms with Gasteiger partial charge in [-0.2, -0.15) is 5.10 Å². The van der Waals surface area contributed by atoms with E-state index in [2.05, 4.69) is 20.2 Å². The van der Waals surface area contributed by atoms with Gasteiger partial charge < -0.3 is 10.2 Å². The number of halogens is 1. The van der Waals surface area contributed by atoms with Gasteiger partial charge in [0.05, 0.1) is 18.4 Å². The third-order valence-electron chi connectivity index (χ3n) is 5.02. The Morgan fingerprint density at radius 1 is 1.24 bits per heavy atom. The lowest BCUT2D eigenvalue weighted by Crippen LogP contribution is -2.53. The van der Waals surface area contributed by atoms with Crippen LogP contribution < -0.4 is 5.32 Å². The minimum absolute atomic E-state index is 0.668. The van der Waals surface area contributed by atoms with Crippen LogP contribution in [0.3, 0.4) is 0 Å². The molecule has 0 radical (unpaired) electrons. The Morgan fingerprint density at radius 3 is 2.92 bits per heavy atom. The molecule has 2 aliphatic heterocycles. The summed E-state index contributed by atoms with van der Waals surface area (Å²) >= 11 is 11.5. The van der Waals surface area contributed by atoms with Gasteiger partial charge in [0, 0.05) is 36.9 Å². The minimum atomic E-state index is 0.668. The Labute approximate surface area is 158 Å². The molecular weight excluding hydrogens is 354 g/mol. The van der Waals surface area contributed by atoms with Crippen molar-refractivity contribution in [2.75, 3.05) is 31.5 Å². The Morgan fingerprint density at radius 2 is 2.08 bits per heavy atom. The molecule has 2 fully saturated rings. The predicted molar refractivity (Wildman–Crippen MR) is 105 cm³/mol. The van der Waals surface area contributed by atoms with E-state index >= 15 is 0 Å². The zero-order valence-electron chi connectivity index (χ0n) is 14.1. The van der Waals surface area contributed by atoms with E-state index in [0.717, 1.165) is 35.5 Å². The van der Waals surface area contributed by atoms with Crippen molar-refractivity contribution in [1.82, 2.24) is 19.6 Å². The fraction of sp³-hybridized carbons (Fsp3) is 0.444. The summed E-state index contributed by atoms with van der Waals surface area (Å²) in [5, 5.41) is 9.31. The molecule has 25 heavy (non-hydrogen) atoms. The normalized spacial score (nSPS) is 20.5. The molecular formula is C18H22ClN5S. The van der Waals surface area contributed by atoms with Gasteiger partial charge in [0.2, 0.25) is 0 Å². The second kappa shape index (κ2) is 7.32. The first kappa shape index (κ1) is 16.8. The number of aromatic nitrogens is 2. The SMILES string of the molecule is S=C(Nc1cnn(Cc2ccc(Cl)cc2)c1)N1CCN2CCCC2C1. The minimum Gasteiger partial charge on any atom is -0.346 e. The molecule has 1 aromatic heterocycles. The van der Waals surface area contributed by atoms with Gasteiger partial charge in [-0.05, 0) is 49.3 Å². The Bertz CT molecular complexity index is 744. The topological polar surface area (TPSA) is 36.3 Å². The summed E-state index contributed by atoms with van der Waals surface area (Å²) in [7, 11) is 0. The molecule has 0 amide bonds. The zero-order chi connectivity index (χ0) is 17.2. The standard InChI is InChI=1S/C18H22ClN5S/c19-15-5-3-14(4-6-15)11-24-12-16(10-20-24)21-18(25)23-9-8-22-7-1-2-17(22)13-23/h3-6,10,12,17H,1-2,7-9,11,13H2,(H,21,25). The average Bonchev–Trinajstić information content (AvgIpc) is 3.25. The number of fused-ring (bicyclic) bond motifs is 1. The molecule has 2 aliphatic rings. The van der Waals surface area contributed by atoms with Crippen molar-refractivity contribution < 1.29 is 0 Å². The quantitative estimate of drug-likeness (QED) is 0.834. The van der Waals surface area contributed by atoms with Gasteiger partial charge in [0.1, 0.15) is 0 Å². The van der Waals surface area contributed by atoms with Gasteiger partial charge in [-0.25, -0.2) is 0 Å². The van der Waals surface area contributed by atoms with Crippen LogP contribution in [-0.2, 0) is 6.54 Å². The highest BCUT2D eigenvalue weighted by molar-refractivity contribution is 7.80. The summed E-state index contributed by atoms with van der Waals surface area (Å²) in [5.74, 6) is 0. The first-order valence-electron chi connectivity index (χ1n) is 8.74. The third-order valence-corrected chi connectivity index (χ3v) is 5.63. The van der Waals surface area contributed by atoms with Crippen LogP contribution in [0.5, 0.6) is 0 Å². The van der Waals surface area contributed by atoms with E-state index in [1.165, 1.54) is 24.9 Å². The van der Waals surface area contributed by atoms with E-state index in [4.69, 9.17) is 23.8 Å². The van der Waals surface area contributed by atoms with Crippen LogP contribution in [-0.4, -0.2) is 56.9 Å². The molecule has 1 aromatic carbocycles. The van der Waals surface area contributed by atoms with E-state index in [1.54, 1.807) is 0 Å². The summed E-state index contributed by atoms with van der Waals surface area (Å²) in [5.41, 5.74) is 2.10. The van der Waals surface area contributed by atoms with E-state index in [9.17, 15) is 0 Å². The Kier molecular flexibility index (Phi) is 4.92. The molecule has 1 atom stereocenters. The van der Waals surface area contributed by atoms with Crippen LogP contribution in [0.4, 0.5) is 5.69 Å². The van der Waals surface area contributed by atoms with Gasteiger partial charge in [0.25, 0.3) is 0 Å². The maximum Gasteiger partial charge on any atom is 0.173 e. The molecule has 1 unspecified atom stereocenters. The molecule has 0 bridgehead atoms. The predicted octanol–water partition coefficient (Wildman–Crippen LogP) is 3.06. The van der Waals surface area contributed by atoms with Gasteiger partial charge in [0.15, 0.2) is 5.11 Å². The average molecular weight is 376 g/mol. The number of nitrogens with zero attached hydrogens (tertiary/aromatic N) is 4. The van der Waals surface area contributed by atoms with Gasteiger partial charge >= 0.3 is 0 Å². The number of hydrogen-bond acceptors (Lipinski definition) is 3. The van der Waals surface area contributed by atoms with Crippen molar-refractivity contribution in [2.24, 2.45) is 0 Å². The van der Waals surface area contributed by atoms with Crippen molar-refractivity contribution >= 4 is 34.6 Å². The largest absolute Gasteiger partial charge is 0.346 e. The lowest BCUT2D eigenvalue weighted by molar-refractivity contribution is 0.153. The number of piperazine rings is 1. The fourth-order valence-electron chi connectivity index (χ4n) is 3.67. The molecule has 2 aromatic rings. The third kappa shape index (κ3) is 3.97. The number of hydrogen-bond donors (Lipinski definition) is 1. The molecule has 2 saturated heterocycles. The van der Waals surface area contributed by atoms with Crippen molar-refractivity contribution in [3.63, 3.8) is 0 Å².